The molecule has 2 fully saturated rings. The highest BCUT2D eigenvalue weighted by Gasteiger charge is 2.31. The van der Waals surface area contributed by atoms with E-state index in [-0.39, 0.29) is 18.6 Å². The Bertz CT molecular complexity index is 442. The van der Waals surface area contributed by atoms with Crippen molar-refractivity contribution in [2.75, 3.05) is 39.8 Å². The van der Waals surface area contributed by atoms with Crippen LogP contribution >= 0.6 is 0 Å². The molecule has 0 radical (unpaired) electrons. The number of amides is 1. The van der Waals surface area contributed by atoms with E-state index in [1.807, 2.05) is 4.90 Å². The molecule has 1 amide bonds. The van der Waals surface area contributed by atoms with Gasteiger partial charge < -0.3 is 14.7 Å². The lowest BCUT2D eigenvalue weighted by molar-refractivity contribution is -0.143. The van der Waals surface area contributed by atoms with Crippen molar-refractivity contribution in [1.82, 2.24) is 9.80 Å². The number of nitrogens with zero attached hydrogens (tertiary/aromatic N) is 2. The van der Waals surface area contributed by atoms with Crippen molar-refractivity contribution in [1.29, 1.82) is 0 Å². The smallest absolute Gasteiger partial charge is 0.317 e. The number of hydrogen-bond acceptors (Lipinski definition) is 4. The Balaban J connectivity index is 1.77. The van der Waals surface area contributed by atoms with Gasteiger partial charge in [0.1, 0.15) is 0 Å². The second-order valence-electron chi connectivity index (χ2n) is 8.23. The maximum absolute atomic E-state index is 12.6. The SMILES string of the molecule is CN(CC(=O)O)CC1CN(C(=O)CC2CCC(C)(C)CC2)CCO1. The highest BCUT2D eigenvalue weighted by atomic mass is 16.5. The number of rotatable bonds is 6. The van der Waals surface area contributed by atoms with Gasteiger partial charge in [0.2, 0.25) is 5.91 Å². The van der Waals surface area contributed by atoms with Gasteiger partial charge in [-0.25, -0.2) is 0 Å². The third-order valence-electron chi connectivity index (χ3n) is 5.33. The minimum atomic E-state index is -0.846. The van der Waals surface area contributed by atoms with Gasteiger partial charge in [-0.05, 0) is 44.1 Å². The zero-order chi connectivity index (χ0) is 17.7. The standard InChI is InChI=1S/C18H32N2O4/c1-18(2)6-4-14(5-7-18)10-16(21)20-8-9-24-15(12-20)11-19(3)13-17(22)23/h14-15H,4-13H2,1-3H3,(H,22,23). The molecule has 0 aromatic rings. The maximum Gasteiger partial charge on any atom is 0.317 e. The molecule has 1 aliphatic carbocycles. The first kappa shape index (κ1) is 19.2. The molecule has 0 aromatic heterocycles. The summed E-state index contributed by atoms with van der Waals surface area (Å²) in [6, 6.07) is 0. The van der Waals surface area contributed by atoms with Crippen molar-refractivity contribution >= 4 is 11.9 Å². The van der Waals surface area contributed by atoms with Gasteiger partial charge in [-0.15, -0.1) is 0 Å². The molecule has 1 heterocycles. The lowest BCUT2D eigenvalue weighted by atomic mass is 9.72. The van der Waals surface area contributed by atoms with Crippen LogP contribution in [0.3, 0.4) is 0 Å². The summed E-state index contributed by atoms with van der Waals surface area (Å²) in [5.74, 6) is -0.100. The van der Waals surface area contributed by atoms with E-state index in [1.165, 1.54) is 12.8 Å². The minimum Gasteiger partial charge on any atom is -0.480 e. The average molecular weight is 340 g/mol. The van der Waals surface area contributed by atoms with Crippen LogP contribution in [-0.4, -0.2) is 72.7 Å². The molecule has 138 valence electrons. The third kappa shape index (κ3) is 6.06. The van der Waals surface area contributed by atoms with Crippen LogP contribution in [0.4, 0.5) is 0 Å². The zero-order valence-corrected chi connectivity index (χ0v) is 15.3. The van der Waals surface area contributed by atoms with Gasteiger partial charge in [0, 0.05) is 26.1 Å². The largest absolute Gasteiger partial charge is 0.480 e. The highest BCUT2D eigenvalue weighted by molar-refractivity contribution is 5.76. The van der Waals surface area contributed by atoms with E-state index >= 15 is 0 Å². The lowest BCUT2D eigenvalue weighted by Gasteiger charge is -2.37. The molecule has 2 aliphatic rings. The second-order valence-corrected chi connectivity index (χ2v) is 8.23. The molecule has 6 nitrogen and oxygen atoms in total. The Labute approximate surface area is 145 Å². The molecular weight excluding hydrogens is 308 g/mol. The minimum absolute atomic E-state index is 0.00827. The van der Waals surface area contributed by atoms with Gasteiger partial charge >= 0.3 is 5.97 Å². The Morgan fingerprint density at radius 3 is 2.58 bits per heavy atom. The fourth-order valence-corrected chi connectivity index (χ4v) is 3.74. The molecule has 0 aromatic carbocycles. The van der Waals surface area contributed by atoms with E-state index in [1.54, 1.807) is 11.9 Å². The van der Waals surface area contributed by atoms with Gasteiger partial charge in [-0.2, -0.15) is 0 Å². The van der Waals surface area contributed by atoms with Crippen LogP contribution in [0.15, 0.2) is 0 Å². The van der Waals surface area contributed by atoms with E-state index in [0.717, 1.165) is 12.8 Å². The maximum atomic E-state index is 12.6. The predicted molar refractivity (Wildman–Crippen MR) is 91.8 cm³/mol. The van der Waals surface area contributed by atoms with Crippen molar-refractivity contribution in [3.8, 4) is 0 Å². The van der Waals surface area contributed by atoms with Crippen molar-refractivity contribution in [2.24, 2.45) is 11.3 Å². The molecule has 1 atom stereocenters. The van der Waals surface area contributed by atoms with Gasteiger partial charge in [0.15, 0.2) is 0 Å². The molecule has 1 saturated carbocycles. The van der Waals surface area contributed by atoms with E-state index in [4.69, 9.17) is 9.84 Å². The number of carbonyl (C=O) groups is 2. The van der Waals surface area contributed by atoms with Crippen LogP contribution in [0.5, 0.6) is 0 Å². The Kier molecular flexibility index (Phi) is 6.63. The Morgan fingerprint density at radius 1 is 1.29 bits per heavy atom. The summed E-state index contributed by atoms with van der Waals surface area (Å²) in [6.07, 6.45) is 5.25. The highest BCUT2D eigenvalue weighted by Crippen LogP contribution is 2.39. The summed E-state index contributed by atoms with van der Waals surface area (Å²) >= 11 is 0. The van der Waals surface area contributed by atoms with Crippen LogP contribution in [-0.2, 0) is 14.3 Å². The van der Waals surface area contributed by atoms with E-state index in [0.29, 0.717) is 44.0 Å². The van der Waals surface area contributed by atoms with Crippen molar-refractivity contribution < 1.29 is 19.4 Å². The average Bonchev–Trinajstić information content (AvgIpc) is 2.48. The number of aliphatic carboxylic acids is 1. The molecule has 6 heteroatoms. The number of likely N-dealkylation sites (N-methyl/N-ethyl adjacent to an activating group) is 1. The quantitative estimate of drug-likeness (QED) is 0.799. The number of hydrogen-bond donors (Lipinski definition) is 1. The topological polar surface area (TPSA) is 70.1 Å². The predicted octanol–water partition coefficient (Wildman–Crippen LogP) is 1.84. The number of ether oxygens (including phenoxy) is 1. The van der Waals surface area contributed by atoms with Crippen LogP contribution < -0.4 is 0 Å². The fraction of sp³-hybridized carbons (Fsp3) is 0.889. The summed E-state index contributed by atoms with van der Waals surface area (Å²) in [5, 5.41) is 8.83. The summed E-state index contributed by atoms with van der Waals surface area (Å²) < 4.78 is 5.70. The van der Waals surface area contributed by atoms with Gasteiger partial charge in [0.25, 0.3) is 0 Å². The van der Waals surface area contributed by atoms with Crippen LogP contribution in [0.2, 0.25) is 0 Å². The monoisotopic (exact) mass is 340 g/mol. The van der Waals surface area contributed by atoms with Crippen molar-refractivity contribution in [3.63, 3.8) is 0 Å². The number of carbonyl (C=O) groups excluding carboxylic acids is 1. The molecule has 1 aliphatic heterocycles. The summed E-state index contributed by atoms with van der Waals surface area (Å²) in [5.41, 5.74) is 0.429. The van der Waals surface area contributed by atoms with E-state index in [9.17, 15) is 9.59 Å². The fourth-order valence-electron chi connectivity index (χ4n) is 3.74. The Hall–Kier alpha value is -1.14. The molecule has 1 N–H and O–H groups in total. The van der Waals surface area contributed by atoms with Crippen LogP contribution in [0, 0.1) is 11.3 Å². The third-order valence-corrected chi connectivity index (χ3v) is 5.33. The zero-order valence-electron chi connectivity index (χ0n) is 15.3. The van der Waals surface area contributed by atoms with Crippen LogP contribution in [0.25, 0.3) is 0 Å². The summed E-state index contributed by atoms with van der Waals surface area (Å²) in [7, 11) is 1.77. The normalized spacial score (nSPS) is 25.0. The molecule has 1 saturated heterocycles. The van der Waals surface area contributed by atoms with Crippen molar-refractivity contribution in [2.45, 2.75) is 52.1 Å². The van der Waals surface area contributed by atoms with E-state index in [2.05, 4.69) is 13.8 Å². The van der Waals surface area contributed by atoms with Gasteiger partial charge in [0.05, 0.1) is 19.3 Å². The lowest BCUT2D eigenvalue weighted by Crippen LogP contribution is -2.50. The number of carboxylic acids is 1. The first-order valence-corrected chi connectivity index (χ1v) is 9.05. The molecule has 1 unspecified atom stereocenters. The number of carboxylic acid groups (broad SMARTS) is 1. The van der Waals surface area contributed by atoms with Gasteiger partial charge in [-0.3, -0.25) is 14.5 Å². The van der Waals surface area contributed by atoms with E-state index < -0.39 is 5.97 Å². The van der Waals surface area contributed by atoms with Crippen LogP contribution in [0.1, 0.15) is 46.0 Å². The molecular formula is C18H32N2O4. The first-order valence-electron chi connectivity index (χ1n) is 9.05. The molecule has 2 rings (SSSR count). The van der Waals surface area contributed by atoms with Gasteiger partial charge in [-0.1, -0.05) is 13.8 Å². The molecule has 0 spiro atoms. The first-order chi connectivity index (χ1) is 11.2. The number of morpholine rings is 1. The Morgan fingerprint density at radius 2 is 1.96 bits per heavy atom. The molecule has 0 bridgehead atoms. The second kappa shape index (κ2) is 8.30. The summed E-state index contributed by atoms with van der Waals surface area (Å²) in [6.45, 7) is 6.90. The molecule has 24 heavy (non-hydrogen) atoms. The summed E-state index contributed by atoms with van der Waals surface area (Å²) in [4.78, 5) is 27.0. The van der Waals surface area contributed by atoms with Crippen molar-refractivity contribution in [3.05, 3.63) is 0 Å².